The summed E-state index contributed by atoms with van der Waals surface area (Å²) >= 11 is 0. The average molecular weight is 362 g/mol. The van der Waals surface area contributed by atoms with Crippen molar-refractivity contribution < 1.29 is 8.42 Å². The van der Waals surface area contributed by atoms with Crippen LogP contribution in [0.2, 0.25) is 0 Å². The van der Waals surface area contributed by atoms with E-state index in [9.17, 15) is 8.42 Å². The van der Waals surface area contributed by atoms with Gasteiger partial charge in [0.1, 0.15) is 0 Å². The molecule has 136 valence electrons. The first-order chi connectivity index (χ1) is 11.8. The first-order valence-corrected chi connectivity index (χ1v) is 10.2. The molecule has 0 saturated carbocycles. The van der Waals surface area contributed by atoms with Gasteiger partial charge in [-0.15, -0.1) is 0 Å². The van der Waals surface area contributed by atoms with E-state index in [1.54, 1.807) is 18.2 Å². The summed E-state index contributed by atoms with van der Waals surface area (Å²) in [7, 11) is -3.18. The minimum atomic E-state index is -3.18. The molecule has 0 bridgehead atoms. The largest absolute Gasteiger partial charge is 0.366 e. The van der Waals surface area contributed by atoms with Crippen molar-refractivity contribution in [3.63, 3.8) is 0 Å². The van der Waals surface area contributed by atoms with E-state index >= 15 is 0 Å². The van der Waals surface area contributed by atoms with Crippen molar-refractivity contribution in [1.82, 2.24) is 14.1 Å². The van der Waals surface area contributed by atoms with Gasteiger partial charge in [-0.25, -0.2) is 13.1 Å². The maximum atomic E-state index is 12.3. The van der Waals surface area contributed by atoms with Gasteiger partial charge in [-0.2, -0.15) is 9.40 Å². The second-order valence-corrected chi connectivity index (χ2v) is 9.24. The summed E-state index contributed by atoms with van der Waals surface area (Å²) in [5, 5.41) is 4.32. The Morgan fingerprint density at radius 2 is 1.60 bits per heavy atom. The van der Waals surface area contributed by atoms with Crippen molar-refractivity contribution in [2.75, 3.05) is 31.1 Å². The fraction of sp³-hybridized carbons (Fsp3) is 0.500. The highest BCUT2D eigenvalue weighted by molar-refractivity contribution is 7.89. The molecule has 1 aromatic heterocycles. The van der Waals surface area contributed by atoms with E-state index in [1.165, 1.54) is 0 Å². The molecule has 1 saturated heterocycles. The number of sulfonamides is 1. The number of aryl methyl sites for hydroxylation is 1. The normalized spacial score (nSPS) is 16.6. The van der Waals surface area contributed by atoms with Crippen molar-refractivity contribution >= 4 is 15.7 Å². The zero-order chi connectivity index (χ0) is 18.2. The van der Waals surface area contributed by atoms with Gasteiger partial charge in [-0.3, -0.25) is 0 Å². The van der Waals surface area contributed by atoms with Crippen LogP contribution in [0.25, 0.3) is 5.69 Å². The molecule has 3 rings (SSSR count). The minimum Gasteiger partial charge on any atom is -0.366 e. The van der Waals surface area contributed by atoms with E-state index in [2.05, 4.69) is 11.8 Å². The molecule has 1 aliphatic rings. The Labute approximate surface area is 150 Å². The highest BCUT2D eigenvalue weighted by atomic mass is 32.2. The first-order valence-electron chi connectivity index (χ1n) is 8.68. The second kappa shape index (κ2) is 6.80. The molecule has 2 heterocycles. The molecule has 0 amide bonds. The van der Waals surface area contributed by atoms with Gasteiger partial charge < -0.3 is 4.90 Å². The lowest BCUT2D eigenvalue weighted by Crippen LogP contribution is -2.50. The number of anilines is 1. The molecule has 1 fully saturated rings. The van der Waals surface area contributed by atoms with Gasteiger partial charge in [0.05, 0.1) is 28.0 Å². The summed E-state index contributed by atoms with van der Waals surface area (Å²) in [6.45, 7) is 9.98. The van der Waals surface area contributed by atoms with E-state index in [4.69, 9.17) is 5.10 Å². The zero-order valence-corrected chi connectivity index (χ0v) is 16.1. The van der Waals surface area contributed by atoms with E-state index in [0.717, 1.165) is 22.8 Å². The Morgan fingerprint density at radius 3 is 2.16 bits per heavy atom. The molecule has 0 unspecified atom stereocenters. The number of rotatable bonds is 4. The summed E-state index contributed by atoms with van der Waals surface area (Å²) in [6.07, 6.45) is 0. The lowest BCUT2D eigenvalue weighted by molar-refractivity contribution is 0.380. The number of para-hydroxylation sites is 1. The van der Waals surface area contributed by atoms with Crippen LogP contribution in [0, 0.1) is 13.8 Å². The zero-order valence-electron chi connectivity index (χ0n) is 15.3. The minimum absolute atomic E-state index is 0.372. The smallest absolute Gasteiger partial charge is 0.216 e. The predicted molar refractivity (Wildman–Crippen MR) is 101 cm³/mol. The predicted octanol–water partition coefficient (Wildman–Crippen LogP) is 2.35. The molecule has 25 heavy (non-hydrogen) atoms. The van der Waals surface area contributed by atoms with Gasteiger partial charge in [-0.05, 0) is 39.8 Å². The number of hydrogen-bond donors (Lipinski definition) is 0. The highest BCUT2D eigenvalue weighted by Crippen LogP contribution is 2.28. The fourth-order valence-electron chi connectivity index (χ4n) is 3.38. The maximum absolute atomic E-state index is 12.3. The van der Waals surface area contributed by atoms with Gasteiger partial charge in [0.15, 0.2) is 0 Å². The molecule has 0 atom stereocenters. The van der Waals surface area contributed by atoms with Crippen LogP contribution in [0.4, 0.5) is 5.69 Å². The van der Waals surface area contributed by atoms with Crippen LogP contribution in [-0.2, 0) is 10.0 Å². The second-order valence-electron chi connectivity index (χ2n) is 6.75. The standard InChI is InChI=1S/C18H26N4O2S/c1-14(2)25(23,24)21-12-10-20(11-13-21)18-15(3)19-22(16(18)4)17-8-6-5-7-9-17/h5-9,14H,10-13H2,1-4H3. The Hall–Kier alpha value is -1.86. The van der Waals surface area contributed by atoms with E-state index in [-0.39, 0.29) is 5.25 Å². The summed E-state index contributed by atoms with van der Waals surface area (Å²) in [5.41, 5.74) is 4.21. The SMILES string of the molecule is Cc1nn(-c2ccccc2)c(C)c1N1CCN(S(=O)(=O)C(C)C)CC1. The fourth-order valence-corrected chi connectivity index (χ4v) is 4.65. The van der Waals surface area contributed by atoms with Crippen molar-refractivity contribution in [1.29, 1.82) is 0 Å². The Balaban J connectivity index is 1.82. The van der Waals surface area contributed by atoms with E-state index in [1.807, 2.05) is 41.9 Å². The maximum Gasteiger partial charge on any atom is 0.216 e. The molecule has 0 aliphatic carbocycles. The molecule has 7 heteroatoms. The van der Waals surface area contributed by atoms with Crippen molar-refractivity contribution in [3.05, 3.63) is 41.7 Å². The third kappa shape index (κ3) is 3.30. The first kappa shape index (κ1) is 17.9. The average Bonchev–Trinajstić information content (AvgIpc) is 2.90. The third-order valence-electron chi connectivity index (χ3n) is 4.76. The van der Waals surface area contributed by atoms with E-state index in [0.29, 0.717) is 26.2 Å². The Morgan fingerprint density at radius 1 is 1.00 bits per heavy atom. The molecule has 6 nitrogen and oxygen atoms in total. The Bertz CT molecular complexity index is 835. The van der Waals surface area contributed by atoms with Crippen LogP contribution >= 0.6 is 0 Å². The number of aromatic nitrogens is 2. The lowest BCUT2D eigenvalue weighted by atomic mass is 10.2. The van der Waals surface area contributed by atoms with Gasteiger partial charge in [-0.1, -0.05) is 18.2 Å². The van der Waals surface area contributed by atoms with Crippen LogP contribution in [0.3, 0.4) is 0 Å². The summed E-state index contributed by atoms with van der Waals surface area (Å²) in [5.74, 6) is 0. The van der Waals surface area contributed by atoms with Gasteiger partial charge in [0.2, 0.25) is 10.0 Å². The van der Waals surface area contributed by atoms with Crippen LogP contribution in [0.15, 0.2) is 30.3 Å². The molecular weight excluding hydrogens is 336 g/mol. The van der Waals surface area contributed by atoms with Gasteiger partial charge >= 0.3 is 0 Å². The van der Waals surface area contributed by atoms with Crippen LogP contribution < -0.4 is 4.90 Å². The monoisotopic (exact) mass is 362 g/mol. The molecule has 0 spiro atoms. The molecule has 1 aromatic carbocycles. The lowest BCUT2D eigenvalue weighted by Gasteiger charge is -2.36. The summed E-state index contributed by atoms with van der Waals surface area (Å²) in [6, 6.07) is 10.1. The highest BCUT2D eigenvalue weighted by Gasteiger charge is 2.31. The number of piperazine rings is 1. The number of hydrogen-bond acceptors (Lipinski definition) is 4. The van der Waals surface area contributed by atoms with Gasteiger partial charge in [0.25, 0.3) is 0 Å². The van der Waals surface area contributed by atoms with Crippen molar-refractivity contribution in [3.8, 4) is 5.69 Å². The molecule has 0 radical (unpaired) electrons. The van der Waals surface area contributed by atoms with Crippen LogP contribution in [0.5, 0.6) is 0 Å². The molecular formula is C18H26N4O2S. The quantitative estimate of drug-likeness (QED) is 0.838. The van der Waals surface area contributed by atoms with Crippen molar-refractivity contribution in [2.24, 2.45) is 0 Å². The molecule has 1 aliphatic heterocycles. The summed E-state index contributed by atoms with van der Waals surface area (Å²) < 4.78 is 28.3. The van der Waals surface area contributed by atoms with Crippen LogP contribution in [-0.4, -0.2) is 53.9 Å². The number of nitrogens with zero attached hydrogens (tertiary/aromatic N) is 4. The van der Waals surface area contributed by atoms with E-state index < -0.39 is 10.0 Å². The van der Waals surface area contributed by atoms with Crippen molar-refractivity contribution in [2.45, 2.75) is 32.9 Å². The van der Waals surface area contributed by atoms with Gasteiger partial charge in [0, 0.05) is 26.2 Å². The number of benzene rings is 1. The Kier molecular flexibility index (Phi) is 4.88. The van der Waals surface area contributed by atoms with Crippen LogP contribution in [0.1, 0.15) is 25.2 Å². The molecule has 2 aromatic rings. The molecule has 0 N–H and O–H groups in total. The summed E-state index contributed by atoms with van der Waals surface area (Å²) in [4.78, 5) is 2.25. The third-order valence-corrected chi connectivity index (χ3v) is 7.04. The topological polar surface area (TPSA) is 58.4 Å².